The van der Waals surface area contributed by atoms with Gasteiger partial charge in [-0.05, 0) is 100 Å². The Bertz CT molecular complexity index is 1600. The van der Waals surface area contributed by atoms with Crippen LogP contribution < -0.4 is 10.2 Å². The van der Waals surface area contributed by atoms with Gasteiger partial charge in [0.25, 0.3) is 0 Å². The summed E-state index contributed by atoms with van der Waals surface area (Å²) >= 11 is 5.99. The molecule has 0 spiro atoms. The molecule has 0 heterocycles. The number of hydrogen-bond donors (Lipinski definition) is 3. The number of aromatic hydroxyl groups is 2. The van der Waals surface area contributed by atoms with Gasteiger partial charge >= 0.3 is 6.03 Å². The first-order chi connectivity index (χ1) is 18.9. The molecule has 3 N–H and O–H groups in total. The van der Waals surface area contributed by atoms with E-state index in [1.807, 2.05) is 55.5 Å². The molecular formula is C33H29ClN2O3. The summed E-state index contributed by atoms with van der Waals surface area (Å²) in [5, 5.41) is 25.4. The molecule has 5 aromatic rings. The lowest BCUT2D eigenvalue weighted by molar-refractivity contribution is 0.246. The van der Waals surface area contributed by atoms with Crippen LogP contribution in [0, 0.1) is 0 Å². The van der Waals surface area contributed by atoms with Crippen LogP contribution in [-0.4, -0.2) is 22.8 Å². The number of anilines is 1. The van der Waals surface area contributed by atoms with Crippen molar-refractivity contribution in [2.75, 3.05) is 11.4 Å². The van der Waals surface area contributed by atoms with Gasteiger partial charge in [0.15, 0.2) is 0 Å². The highest BCUT2D eigenvalue weighted by atomic mass is 35.5. The summed E-state index contributed by atoms with van der Waals surface area (Å²) in [5.74, 6) is 0.457. The third kappa shape index (κ3) is 6.00. The minimum absolute atomic E-state index is 0.165. The van der Waals surface area contributed by atoms with E-state index in [9.17, 15) is 15.0 Å². The standard InChI is InChI=1S/C33H29ClN2O3/c1-2-36(27-12-10-26(34)11-13-27)33(39)35-21-23-5-3-22(4-6-23)19-32-30(24-7-14-28(37)15-8-24)17-9-25-20-29(38)16-18-31(25)32/h3-18,20,37-38H,2,19,21H2,1H3,(H,35,39). The van der Waals surface area contributed by atoms with Crippen LogP contribution in [-0.2, 0) is 13.0 Å². The van der Waals surface area contributed by atoms with Crippen LogP contribution in [0.3, 0.4) is 0 Å². The maximum atomic E-state index is 12.8. The molecule has 0 unspecified atom stereocenters. The average Bonchev–Trinajstić information content (AvgIpc) is 2.94. The third-order valence-electron chi connectivity index (χ3n) is 6.84. The zero-order valence-corrected chi connectivity index (χ0v) is 22.3. The average molecular weight is 537 g/mol. The van der Waals surface area contributed by atoms with E-state index in [0.29, 0.717) is 24.5 Å². The number of nitrogens with one attached hydrogen (secondary N) is 1. The molecule has 5 nitrogen and oxygen atoms in total. The summed E-state index contributed by atoms with van der Waals surface area (Å²) in [4.78, 5) is 14.5. The first kappa shape index (κ1) is 26.1. The third-order valence-corrected chi connectivity index (χ3v) is 7.09. The summed E-state index contributed by atoms with van der Waals surface area (Å²) in [6, 6.07) is 32.0. The molecular weight excluding hydrogens is 508 g/mol. The summed E-state index contributed by atoms with van der Waals surface area (Å²) in [6.07, 6.45) is 0.686. The summed E-state index contributed by atoms with van der Waals surface area (Å²) in [6.45, 7) is 2.89. The Balaban J connectivity index is 1.35. The number of halogens is 1. The fourth-order valence-corrected chi connectivity index (χ4v) is 4.93. The molecule has 0 aliphatic heterocycles. The van der Waals surface area contributed by atoms with Crippen molar-refractivity contribution in [1.82, 2.24) is 5.32 Å². The number of phenols is 2. The van der Waals surface area contributed by atoms with Crippen LogP contribution in [0.15, 0.2) is 103 Å². The van der Waals surface area contributed by atoms with Crippen molar-refractivity contribution in [3.05, 3.63) is 125 Å². The number of carbonyl (C=O) groups excluding carboxylic acids is 1. The molecule has 0 aliphatic carbocycles. The molecule has 39 heavy (non-hydrogen) atoms. The molecule has 0 bridgehead atoms. The highest BCUT2D eigenvalue weighted by molar-refractivity contribution is 6.30. The van der Waals surface area contributed by atoms with E-state index in [1.54, 1.807) is 41.3 Å². The van der Waals surface area contributed by atoms with Gasteiger partial charge in [-0.3, -0.25) is 4.90 Å². The fraction of sp³-hybridized carbons (Fsp3) is 0.121. The highest BCUT2D eigenvalue weighted by Crippen LogP contribution is 2.34. The van der Waals surface area contributed by atoms with Crippen molar-refractivity contribution in [3.63, 3.8) is 0 Å². The molecule has 5 rings (SSSR count). The van der Waals surface area contributed by atoms with Gasteiger partial charge in [0.1, 0.15) is 11.5 Å². The van der Waals surface area contributed by atoms with E-state index in [1.165, 1.54) is 0 Å². The Morgan fingerprint density at radius 1 is 0.795 bits per heavy atom. The number of phenolic OH excluding ortho intramolecular Hbond substituents is 2. The van der Waals surface area contributed by atoms with Gasteiger partial charge in [0.2, 0.25) is 0 Å². The van der Waals surface area contributed by atoms with Crippen LogP contribution >= 0.6 is 11.6 Å². The number of amides is 2. The Labute approximate surface area is 232 Å². The van der Waals surface area contributed by atoms with Crippen molar-refractivity contribution in [2.24, 2.45) is 0 Å². The monoisotopic (exact) mass is 536 g/mol. The van der Waals surface area contributed by atoms with E-state index in [4.69, 9.17) is 11.6 Å². The second-order valence-corrected chi connectivity index (χ2v) is 9.85. The van der Waals surface area contributed by atoms with Gasteiger partial charge < -0.3 is 15.5 Å². The predicted octanol–water partition coefficient (Wildman–Crippen LogP) is 7.90. The molecule has 0 aromatic heterocycles. The van der Waals surface area contributed by atoms with Crippen LogP contribution in [0.25, 0.3) is 21.9 Å². The van der Waals surface area contributed by atoms with E-state index in [2.05, 4.69) is 23.5 Å². The highest BCUT2D eigenvalue weighted by Gasteiger charge is 2.14. The summed E-state index contributed by atoms with van der Waals surface area (Å²) < 4.78 is 0. The van der Waals surface area contributed by atoms with Crippen molar-refractivity contribution in [3.8, 4) is 22.6 Å². The Hall–Kier alpha value is -4.48. The Morgan fingerprint density at radius 3 is 2.15 bits per heavy atom. The van der Waals surface area contributed by atoms with Crippen LogP contribution in [0.4, 0.5) is 10.5 Å². The molecule has 0 aliphatic rings. The first-order valence-electron chi connectivity index (χ1n) is 12.8. The smallest absolute Gasteiger partial charge is 0.322 e. The van der Waals surface area contributed by atoms with E-state index in [0.717, 1.165) is 44.3 Å². The van der Waals surface area contributed by atoms with Gasteiger partial charge in [0, 0.05) is 23.8 Å². The number of rotatable bonds is 7. The Morgan fingerprint density at radius 2 is 1.46 bits per heavy atom. The molecule has 0 saturated carbocycles. The normalized spacial score (nSPS) is 10.9. The maximum Gasteiger partial charge on any atom is 0.322 e. The van der Waals surface area contributed by atoms with Crippen LogP contribution in [0.5, 0.6) is 11.5 Å². The number of nitrogens with zero attached hydrogens (tertiary/aromatic N) is 1. The fourth-order valence-electron chi connectivity index (χ4n) is 4.80. The molecule has 196 valence electrons. The SMILES string of the molecule is CCN(C(=O)NCc1ccc(Cc2c(-c3ccc(O)cc3)ccc3cc(O)ccc23)cc1)c1ccc(Cl)cc1. The molecule has 2 amide bonds. The van der Waals surface area contributed by atoms with E-state index in [-0.39, 0.29) is 17.5 Å². The molecule has 0 radical (unpaired) electrons. The van der Waals surface area contributed by atoms with E-state index >= 15 is 0 Å². The van der Waals surface area contributed by atoms with Crippen molar-refractivity contribution >= 4 is 34.1 Å². The Kier molecular flexibility index (Phi) is 7.71. The van der Waals surface area contributed by atoms with Crippen molar-refractivity contribution in [2.45, 2.75) is 19.9 Å². The summed E-state index contributed by atoms with van der Waals surface area (Å²) in [7, 11) is 0. The van der Waals surface area contributed by atoms with Crippen molar-refractivity contribution in [1.29, 1.82) is 0 Å². The number of urea groups is 1. The van der Waals surface area contributed by atoms with Gasteiger partial charge in [0.05, 0.1) is 0 Å². The number of fused-ring (bicyclic) bond motifs is 1. The molecule has 0 saturated heterocycles. The van der Waals surface area contributed by atoms with Gasteiger partial charge in [-0.1, -0.05) is 66.2 Å². The second-order valence-electron chi connectivity index (χ2n) is 9.42. The minimum atomic E-state index is -0.165. The van der Waals surface area contributed by atoms with E-state index < -0.39 is 0 Å². The topological polar surface area (TPSA) is 72.8 Å². The zero-order valence-electron chi connectivity index (χ0n) is 21.6. The lowest BCUT2D eigenvalue weighted by Gasteiger charge is -2.21. The second kappa shape index (κ2) is 11.5. The van der Waals surface area contributed by atoms with Crippen LogP contribution in [0.1, 0.15) is 23.6 Å². The van der Waals surface area contributed by atoms with Gasteiger partial charge in [-0.15, -0.1) is 0 Å². The number of benzene rings is 5. The number of hydrogen-bond acceptors (Lipinski definition) is 3. The first-order valence-corrected chi connectivity index (χ1v) is 13.2. The van der Waals surface area contributed by atoms with Gasteiger partial charge in [-0.25, -0.2) is 4.79 Å². The molecule has 0 fully saturated rings. The van der Waals surface area contributed by atoms with Crippen molar-refractivity contribution < 1.29 is 15.0 Å². The molecule has 0 atom stereocenters. The quantitative estimate of drug-likeness (QED) is 0.198. The predicted molar refractivity (Wildman–Crippen MR) is 159 cm³/mol. The van der Waals surface area contributed by atoms with Gasteiger partial charge in [-0.2, -0.15) is 0 Å². The zero-order chi connectivity index (χ0) is 27.4. The maximum absolute atomic E-state index is 12.8. The van der Waals surface area contributed by atoms with Crippen LogP contribution in [0.2, 0.25) is 5.02 Å². The summed E-state index contributed by atoms with van der Waals surface area (Å²) in [5.41, 5.74) is 6.15. The molecule has 5 aromatic carbocycles. The lowest BCUT2D eigenvalue weighted by Crippen LogP contribution is -2.39. The molecule has 6 heteroatoms. The number of carbonyl (C=O) groups is 1. The minimum Gasteiger partial charge on any atom is -0.508 e. The largest absolute Gasteiger partial charge is 0.508 e. The lowest BCUT2D eigenvalue weighted by atomic mass is 9.90.